The molecule has 1 aromatic rings. The highest BCUT2D eigenvalue weighted by Gasteiger charge is 2.29. The Kier molecular flexibility index (Phi) is 6.29. The molecule has 2 rings (SSSR count). The first-order chi connectivity index (χ1) is 11.1. The molecule has 0 spiro atoms. The minimum Gasteiger partial charge on any atom is -0.341 e. The van der Waals surface area contributed by atoms with Crippen molar-refractivity contribution in [3.05, 3.63) is 27.2 Å². The molecule has 0 bridgehead atoms. The summed E-state index contributed by atoms with van der Waals surface area (Å²) in [6, 6.07) is 2.88. The van der Waals surface area contributed by atoms with Crippen LogP contribution in [0.3, 0.4) is 0 Å². The van der Waals surface area contributed by atoms with E-state index in [2.05, 4.69) is 0 Å². The second-order valence-corrected chi connectivity index (χ2v) is 9.06. The summed E-state index contributed by atoms with van der Waals surface area (Å²) in [5.41, 5.74) is 0.140. The van der Waals surface area contributed by atoms with E-state index in [0.717, 1.165) is 36.2 Å². The van der Waals surface area contributed by atoms with Crippen molar-refractivity contribution in [2.45, 2.75) is 31.7 Å². The number of halogens is 3. The predicted octanol–water partition coefficient (Wildman–Crippen LogP) is 3.81. The molecule has 0 heterocycles. The van der Waals surface area contributed by atoms with Gasteiger partial charge in [0.1, 0.15) is 6.54 Å². The van der Waals surface area contributed by atoms with Crippen molar-refractivity contribution < 1.29 is 13.2 Å². The molecule has 5 nitrogen and oxygen atoms in total. The second-order valence-electron chi connectivity index (χ2n) is 5.93. The lowest BCUT2D eigenvalue weighted by Crippen LogP contribution is -2.44. The molecule has 0 unspecified atom stereocenters. The van der Waals surface area contributed by atoms with Gasteiger partial charge in [-0.15, -0.1) is 0 Å². The molecular formula is C15H19Cl3N2O3S. The van der Waals surface area contributed by atoms with Crippen molar-refractivity contribution in [2.24, 2.45) is 0 Å². The number of hydrogen-bond donors (Lipinski definition) is 0. The smallest absolute Gasteiger partial charge is 0.243 e. The summed E-state index contributed by atoms with van der Waals surface area (Å²) in [4.78, 5) is 14.2. The molecule has 1 aliphatic carbocycles. The highest BCUT2D eigenvalue weighted by molar-refractivity contribution is 7.92. The molecular weight excluding hydrogens is 395 g/mol. The summed E-state index contributed by atoms with van der Waals surface area (Å²) in [6.45, 7) is -0.330. The Morgan fingerprint density at radius 2 is 1.67 bits per heavy atom. The number of carbonyl (C=O) groups excluding carboxylic acids is 1. The predicted molar refractivity (Wildman–Crippen MR) is 98.7 cm³/mol. The quantitative estimate of drug-likeness (QED) is 0.690. The average molecular weight is 414 g/mol. The van der Waals surface area contributed by atoms with Gasteiger partial charge in [-0.3, -0.25) is 9.10 Å². The van der Waals surface area contributed by atoms with E-state index >= 15 is 0 Å². The van der Waals surface area contributed by atoms with Crippen molar-refractivity contribution in [1.29, 1.82) is 0 Å². The third-order valence-electron chi connectivity index (χ3n) is 4.20. The number of carbonyl (C=O) groups is 1. The zero-order chi connectivity index (χ0) is 18.1. The van der Waals surface area contributed by atoms with Gasteiger partial charge in [0, 0.05) is 13.1 Å². The molecule has 134 valence electrons. The zero-order valence-corrected chi connectivity index (χ0v) is 16.5. The van der Waals surface area contributed by atoms with Gasteiger partial charge in [-0.1, -0.05) is 47.6 Å². The Hall–Kier alpha value is -0.690. The van der Waals surface area contributed by atoms with Crippen LogP contribution in [-0.2, 0) is 14.8 Å². The van der Waals surface area contributed by atoms with Crippen LogP contribution in [0.15, 0.2) is 12.1 Å². The van der Waals surface area contributed by atoms with Gasteiger partial charge in [0.05, 0.1) is 27.0 Å². The molecule has 1 saturated carbocycles. The highest BCUT2D eigenvalue weighted by Crippen LogP contribution is 2.35. The number of benzene rings is 1. The third-order valence-corrected chi connectivity index (χ3v) is 6.35. The van der Waals surface area contributed by atoms with E-state index < -0.39 is 10.0 Å². The zero-order valence-electron chi connectivity index (χ0n) is 13.4. The van der Waals surface area contributed by atoms with E-state index in [4.69, 9.17) is 34.8 Å². The van der Waals surface area contributed by atoms with E-state index in [0.29, 0.717) is 0 Å². The summed E-state index contributed by atoms with van der Waals surface area (Å²) in [6.07, 6.45) is 5.06. The van der Waals surface area contributed by atoms with Gasteiger partial charge in [-0.25, -0.2) is 8.42 Å². The molecule has 0 N–H and O–H groups in total. The highest BCUT2D eigenvalue weighted by atomic mass is 35.5. The Bertz CT molecular complexity index is 734. The minimum absolute atomic E-state index is 0.117. The fourth-order valence-electron chi connectivity index (χ4n) is 2.81. The van der Waals surface area contributed by atoms with Gasteiger partial charge in [-0.05, 0) is 25.0 Å². The van der Waals surface area contributed by atoms with E-state index in [1.807, 2.05) is 0 Å². The van der Waals surface area contributed by atoms with E-state index in [1.165, 1.54) is 12.1 Å². The van der Waals surface area contributed by atoms with Crippen LogP contribution in [0.5, 0.6) is 0 Å². The van der Waals surface area contributed by atoms with Crippen LogP contribution in [-0.4, -0.2) is 45.1 Å². The standard InChI is InChI=1S/C15H19Cl3N2O3S/c1-19(10-5-3-4-6-10)15(21)9-20(24(2,22)23)14-8-12(17)11(16)7-13(14)18/h7-8,10H,3-6,9H2,1-2H3. The lowest BCUT2D eigenvalue weighted by Gasteiger charge is -2.29. The van der Waals surface area contributed by atoms with Crippen LogP contribution < -0.4 is 4.31 Å². The first-order valence-electron chi connectivity index (χ1n) is 7.49. The van der Waals surface area contributed by atoms with Crippen LogP contribution in [0.4, 0.5) is 5.69 Å². The molecule has 9 heteroatoms. The average Bonchev–Trinajstić information content (AvgIpc) is 3.01. The number of nitrogens with zero attached hydrogens (tertiary/aromatic N) is 2. The van der Waals surface area contributed by atoms with Crippen LogP contribution in [0.2, 0.25) is 15.1 Å². The fraction of sp³-hybridized carbons (Fsp3) is 0.533. The number of likely N-dealkylation sites (N-methyl/N-ethyl adjacent to an activating group) is 1. The Labute approximate surface area is 157 Å². The van der Waals surface area contributed by atoms with E-state index in [1.54, 1.807) is 11.9 Å². The molecule has 24 heavy (non-hydrogen) atoms. The lowest BCUT2D eigenvalue weighted by molar-refractivity contribution is -0.130. The molecule has 1 amide bonds. The number of anilines is 1. The van der Waals surface area contributed by atoms with Crippen molar-refractivity contribution in [1.82, 2.24) is 4.90 Å². The van der Waals surface area contributed by atoms with Crippen LogP contribution in [0, 0.1) is 0 Å². The minimum atomic E-state index is -3.72. The number of rotatable bonds is 5. The monoisotopic (exact) mass is 412 g/mol. The van der Waals surface area contributed by atoms with Crippen molar-refractivity contribution in [3.8, 4) is 0 Å². The maximum atomic E-state index is 12.5. The Morgan fingerprint density at radius 3 is 2.21 bits per heavy atom. The molecule has 0 atom stereocenters. The van der Waals surface area contributed by atoms with Gasteiger partial charge in [0.2, 0.25) is 15.9 Å². The lowest BCUT2D eigenvalue weighted by atomic mass is 10.2. The first-order valence-corrected chi connectivity index (χ1v) is 10.5. The number of sulfonamides is 1. The summed E-state index contributed by atoms with van der Waals surface area (Å²) in [5, 5.41) is 0.501. The molecule has 1 fully saturated rings. The fourth-order valence-corrected chi connectivity index (χ4v) is 4.36. The third kappa shape index (κ3) is 4.48. The SMILES string of the molecule is CN(C(=O)CN(c1cc(Cl)c(Cl)cc1Cl)S(C)(=O)=O)C1CCCC1. The summed E-state index contributed by atoms with van der Waals surface area (Å²) in [5.74, 6) is -0.283. The number of hydrogen-bond acceptors (Lipinski definition) is 3. The first kappa shape index (κ1) is 19.6. The van der Waals surface area contributed by atoms with E-state index in [9.17, 15) is 13.2 Å². The summed E-state index contributed by atoms with van der Waals surface area (Å²) < 4.78 is 25.3. The molecule has 1 aromatic carbocycles. The summed E-state index contributed by atoms with van der Waals surface area (Å²) in [7, 11) is -2.02. The van der Waals surface area contributed by atoms with Gasteiger partial charge < -0.3 is 4.90 Å². The van der Waals surface area contributed by atoms with Crippen molar-refractivity contribution in [2.75, 3.05) is 24.2 Å². The van der Waals surface area contributed by atoms with E-state index in [-0.39, 0.29) is 39.2 Å². The Balaban J connectivity index is 2.30. The molecule has 0 radical (unpaired) electrons. The Morgan fingerprint density at radius 1 is 1.12 bits per heavy atom. The maximum absolute atomic E-state index is 12.5. The van der Waals surface area contributed by atoms with Gasteiger partial charge >= 0.3 is 0 Å². The maximum Gasteiger partial charge on any atom is 0.243 e. The largest absolute Gasteiger partial charge is 0.341 e. The van der Waals surface area contributed by atoms with Crippen molar-refractivity contribution in [3.63, 3.8) is 0 Å². The molecule has 0 aromatic heterocycles. The van der Waals surface area contributed by atoms with Crippen LogP contribution in [0.1, 0.15) is 25.7 Å². The van der Waals surface area contributed by atoms with Crippen molar-refractivity contribution >= 4 is 56.4 Å². The molecule has 0 aliphatic heterocycles. The van der Waals surface area contributed by atoms with Gasteiger partial charge in [0.25, 0.3) is 0 Å². The normalized spacial score (nSPS) is 15.5. The molecule has 1 aliphatic rings. The topological polar surface area (TPSA) is 57.7 Å². The number of amides is 1. The van der Waals surface area contributed by atoms with Crippen LogP contribution >= 0.6 is 34.8 Å². The van der Waals surface area contributed by atoms with Gasteiger partial charge in [0.15, 0.2) is 0 Å². The molecule has 0 saturated heterocycles. The summed E-state index contributed by atoms with van der Waals surface area (Å²) >= 11 is 18.0. The van der Waals surface area contributed by atoms with Crippen LogP contribution in [0.25, 0.3) is 0 Å². The van der Waals surface area contributed by atoms with Gasteiger partial charge in [-0.2, -0.15) is 0 Å². The second kappa shape index (κ2) is 7.68.